The van der Waals surface area contributed by atoms with Crippen molar-refractivity contribution in [1.29, 1.82) is 0 Å². The van der Waals surface area contributed by atoms with Crippen LogP contribution in [0.1, 0.15) is 50.9 Å². The van der Waals surface area contributed by atoms with Crippen LogP contribution in [0.15, 0.2) is 17.7 Å². The fourth-order valence-corrected chi connectivity index (χ4v) is 5.87. The molecule has 1 aromatic heterocycles. The third-order valence-corrected chi connectivity index (χ3v) is 7.73. The van der Waals surface area contributed by atoms with E-state index >= 15 is 0 Å². The Kier molecular flexibility index (Phi) is 4.43. The van der Waals surface area contributed by atoms with E-state index < -0.39 is 6.17 Å². The normalized spacial score (nSPS) is 33.3. The standard InChI is InChI=1S/C22H33FN4/c1-22(2)17-5-4-16(21(22)10-17)12-25-7-3-8-27-20(15-25)11-19(24-27)14-26-9-6-18(23)13-26/h4,11,17-18,21H,3,5-10,12-15H2,1-2H3/t17-,18-,21-/m0/s1. The number of allylic oxidation sites excluding steroid dienone is 1. The van der Waals surface area contributed by atoms with Crippen LogP contribution in [0.4, 0.5) is 4.39 Å². The molecule has 1 aromatic rings. The summed E-state index contributed by atoms with van der Waals surface area (Å²) < 4.78 is 15.6. The molecule has 3 atom stereocenters. The molecule has 3 heterocycles. The molecule has 3 aliphatic carbocycles. The summed E-state index contributed by atoms with van der Waals surface area (Å²) in [6, 6.07) is 2.27. The van der Waals surface area contributed by atoms with E-state index in [-0.39, 0.29) is 0 Å². The largest absolute Gasteiger partial charge is 0.294 e. The van der Waals surface area contributed by atoms with Gasteiger partial charge in [0.2, 0.25) is 0 Å². The third-order valence-electron chi connectivity index (χ3n) is 7.73. The highest BCUT2D eigenvalue weighted by Crippen LogP contribution is 2.59. The number of halogens is 1. The van der Waals surface area contributed by atoms with Crippen LogP contribution in [0.2, 0.25) is 0 Å². The Morgan fingerprint density at radius 3 is 2.81 bits per heavy atom. The topological polar surface area (TPSA) is 24.3 Å². The zero-order valence-corrected chi connectivity index (χ0v) is 16.8. The molecule has 148 valence electrons. The number of nitrogens with zero attached hydrogens (tertiary/aromatic N) is 4. The fraction of sp³-hybridized carbons (Fsp3) is 0.773. The summed E-state index contributed by atoms with van der Waals surface area (Å²) in [5.74, 6) is 1.71. The van der Waals surface area contributed by atoms with Gasteiger partial charge in [0.05, 0.1) is 11.4 Å². The first-order chi connectivity index (χ1) is 13.0. The Morgan fingerprint density at radius 1 is 1.19 bits per heavy atom. The average Bonchev–Trinajstić information content (AvgIpc) is 3.16. The number of likely N-dealkylation sites (tertiary alicyclic amines) is 1. The fourth-order valence-electron chi connectivity index (χ4n) is 5.87. The molecule has 0 N–H and O–H groups in total. The van der Waals surface area contributed by atoms with Gasteiger partial charge in [0.1, 0.15) is 6.17 Å². The van der Waals surface area contributed by atoms with Gasteiger partial charge in [-0.05, 0) is 49.0 Å². The van der Waals surface area contributed by atoms with E-state index in [0.717, 1.165) is 63.2 Å². The van der Waals surface area contributed by atoms with Gasteiger partial charge in [0.25, 0.3) is 0 Å². The van der Waals surface area contributed by atoms with E-state index in [1.807, 2.05) is 0 Å². The van der Waals surface area contributed by atoms with E-state index in [1.165, 1.54) is 18.5 Å². The smallest absolute Gasteiger partial charge is 0.114 e. The third kappa shape index (κ3) is 3.27. The van der Waals surface area contributed by atoms with Gasteiger partial charge in [-0.3, -0.25) is 14.5 Å². The number of hydrogen-bond acceptors (Lipinski definition) is 3. The quantitative estimate of drug-likeness (QED) is 0.755. The lowest BCUT2D eigenvalue weighted by molar-refractivity contribution is -0.0108. The summed E-state index contributed by atoms with van der Waals surface area (Å²) in [6.07, 6.45) is 6.40. The van der Waals surface area contributed by atoms with Crippen molar-refractivity contribution >= 4 is 0 Å². The molecule has 1 saturated carbocycles. The molecule has 1 saturated heterocycles. The van der Waals surface area contributed by atoms with Gasteiger partial charge < -0.3 is 0 Å². The maximum atomic E-state index is 13.4. The number of alkyl halides is 1. The first-order valence-electron chi connectivity index (χ1n) is 10.8. The molecule has 0 spiro atoms. The summed E-state index contributed by atoms with van der Waals surface area (Å²) in [5.41, 5.74) is 4.64. The van der Waals surface area contributed by atoms with E-state index in [4.69, 9.17) is 5.10 Å². The molecule has 0 aromatic carbocycles. The van der Waals surface area contributed by atoms with Crippen molar-refractivity contribution in [2.45, 2.75) is 65.3 Å². The predicted octanol–water partition coefficient (Wildman–Crippen LogP) is 3.63. The molecule has 0 radical (unpaired) electrons. The summed E-state index contributed by atoms with van der Waals surface area (Å²) >= 11 is 0. The van der Waals surface area contributed by atoms with Crippen LogP contribution in [-0.4, -0.2) is 51.9 Å². The molecule has 6 rings (SSSR count). The first-order valence-corrected chi connectivity index (χ1v) is 10.8. The SMILES string of the molecule is CC1(C)[C@H]2CC=C(CN3CCCn4nc(CN5CC[C@H](F)C5)cc4C3)[C@@H]1C2. The first kappa shape index (κ1) is 17.9. The van der Waals surface area contributed by atoms with Crippen LogP contribution in [0.5, 0.6) is 0 Å². The van der Waals surface area contributed by atoms with Crippen LogP contribution in [0.3, 0.4) is 0 Å². The van der Waals surface area contributed by atoms with Crippen LogP contribution >= 0.6 is 0 Å². The second-order valence-corrected chi connectivity index (χ2v) is 9.86. The van der Waals surface area contributed by atoms with E-state index in [2.05, 4.69) is 40.5 Å². The Bertz CT molecular complexity index is 737. The van der Waals surface area contributed by atoms with Gasteiger partial charge in [0.15, 0.2) is 0 Å². The molecule has 5 heteroatoms. The van der Waals surface area contributed by atoms with Gasteiger partial charge in [-0.25, -0.2) is 4.39 Å². The zero-order valence-electron chi connectivity index (χ0n) is 16.8. The zero-order chi connectivity index (χ0) is 18.6. The van der Waals surface area contributed by atoms with Crippen LogP contribution in [0, 0.1) is 17.3 Å². The minimum atomic E-state index is -0.653. The summed E-state index contributed by atoms with van der Waals surface area (Å²) in [7, 11) is 0. The predicted molar refractivity (Wildman–Crippen MR) is 105 cm³/mol. The lowest BCUT2D eigenvalue weighted by atomic mass is 9.49. The Morgan fingerprint density at radius 2 is 2.07 bits per heavy atom. The molecule has 2 fully saturated rings. The summed E-state index contributed by atoms with van der Waals surface area (Å²) in [6.45, 7) is 11.4. The Labute approximate surface area is 162 Å². The average molecular weight is 373 g/mol. The van der Waals surface area contributed by atoms with Crippen LogP contribution < -0.4 is 0 Å². The maximum Gasteiger partial charge on any atom is 0.114 e. The lowest BCUT2D eigenvalue weighted by Crippen LogP contribution is -2.49. The van der Waals surface area contributed by atoms with Crippen molar-refractivity contribution in [3.8, 4) is 0 Å². The number of aryl methyl sites for hydroxylation is 1. The monoisotopic (exact) mass is 372 g/mol. The van der Waals surface area contributed by atoms with Crippen molar-refractivity contribution < 1.29 is 4.39 Å². The molecule has 27 heavy (non-hydrogen) atoms. The van der Waals surface area contributed by atoms with Gasteiger partial charge in [-0.15, -0.1) is 0 Å². The van der Waals surface area contributed by atoms with Gasteiger partial charge in [-0.1, -0.05) is 25.5 Å². The van der Waals surface area contributed by atoms with E-state index in [9.17, 15) is 4.39 Å². The highest BCUT2D eigenvalue weighted by molar-refractivity contribution is 5.25. The molecule has 4 nitrogen and oxygen atoms in total. The molecule has 2 bridgehead atoms. The molecular weight excluding hydrogens is 339 g/mol. The van der Waals surface area contributed by atoms with Gasteiger partial charge >= 0.3 is 0 Å². The summed E-state index contributed by atoms with van der Waals surface area (Å²) in [4.78, 5) is 4.82. The van der Waals surface area contributed by atoms with E-state index in [0.29, 0.717) is 18.4 Å². The molecule has 0 unspecified atom stereocenters. The number of aromatic nitrogens is 2. The van der Waals surface area contributed by atoms with Gasteiger partial charge in [0, 0.05) is 45.8 Å². The number of hydrogen-bond donors (Lipinski definition) is 0. The van der Waals surface area contributed by atoms with Crippen molar-refractivity contribution in [2.75, 3.05) is 26.2 Å². The second-order valence-electron chi connectivity index (χ2n) is 9.86. The lowest BCUT2D eigenvalue weighted by Gasteiger charge is -2.57. The molecule has 0 amide bonds. The van der Waals surface area contributed by atoms with Crippen molar-refractivity contribution in [3.63, 3.8) is 0 Å². The van der Waals surface area contributed by atoms with Crippen LogP contribution in [0.25, 0.3) is 0 Å². The van der Waals surface area contributed by atoms with Crippen molar-refractivity contribution in [3.05, 3.63) is 29.1 Å². The van der Waals surface area contributed by atoms with E-state index in [1.54, 1.807) is 5.57 Å². The number of fused-ring (bicyclic) bond motifs is 2. The molecular formula is C22H33FN4. The minimum Gasteiger partial charge on any atom is -0.294 e. The highest BCUT2D eigenvalue weighted by atomic mass is 19.1. The van der Waals surface area contributed by atoms with Crippen LogP contribution in [-0.2, 0) is 19.6 Å². The maximum absolute atomic E-state index is 13.4. The Balaban J connectivity index is 1.25. The van der Waals surface area contributed by atoms with Gasteiger partial charge in [-0.2, -0.15) is 5.10 Å². The van der Waals surface area contributed by atoms with Crippen molar-refractivity contribution in [1.82, 2.24) is 19.6 Å². The minimum absolute atomic E-state index is 0.509. The molecule has 2 aliphatic heterocycles. The number of rotatable bonds is 4. The Hall–Kier alpha value is -1.20. The molecule has 5 aliphatic rings. The van der Waals surface area contributed by atoms with Crippen molar-refractivity contribution in [2.24, 2.45) is 17.3 Å². The highest BCUT2D eigenvalue weighted by Gasteiger charge is 2.51. The second kappa shape index (κ2) is 6.70. The summed E-state index contributed by atoms with van der Waals surface area (Å²) in [5, 5.41) is 4.84.